The topological polar surface area (TPSA) is 72.3 Å². The van der Waals surface area contributed by atoms with Gasteiger partial charge in [-0.1, -0.05) is 17.3 Å². The van der Waals surface area contributed by atoms with Crippen molar-refractivity contribution in [1.82, 2.24) is 5.16 Å². The van der Waals surface area contributed by atoms with Gasteiger partial charge in [-0.15, -0.1) is 0 Å². The van der Waals surface area contributed by atoms with Crippen LogP contribution in [0, 0.1) is 0 Å². The molecule has 4 nitrogen and oxygen atoms in total. The van der Waals surface area contributed by atoms with E-state index >= 15 is 0 Å². The smallest absolute Gasteiger partial charge is 0.163 e. The molecule has 0 atom stereocenters. The number of aromatic nitrogens is 1. The van der Waals surface area contributed by atoms with E-state index in [1.54, 1.807) is 18.2 Å². The first-order valence-corrected chi connectivity index (χ1v) is 4.22. The van der Waals surface area contributed by atoms with Crippen molar-refractivity contribution in [3.8, 4) is 5.75 Å². The Kier molecular flexibility index (Phi) is 2.10. The Labute approximate surface area is 81.0 Å². The molecule has 0 aliphatic heterocycles. The molecule has 0 bridgehead atoms. The Balaban J connectivity index is 2.23. The predicted octanol–water partition coefficient (Wildman–Crippen LogP) is 1.55. The molecule has 1 aromatic carbocycles. The van der Waals surface area contributed by atoms with E-state index in [9.17, 15) is 5.11 Å². The number of nitrogens with two attached hydrogens (primary N) is 1. The van der Waals surface area contributed by atoms with Crippen LogP contribution in [0.2, 0.25) is 0 Å². The molecule has 0 radical (unpaired) electrons. The average Bonchev–Trinajstić information content (AvgIpc) is 2.52. The Morgan fingerprint density at radius 3 is 2.93 bits per heavy atom. The van der Waals surface area contributed by atoms with Crippen LogP contribution in [-0.4, -0.2) is 10.3 Å². The molecule has 0 amide bonds. The van der Waals surface area contributed by atoms with E-state index in [4.69, 9.17) is 10.3 Å². The molecule has 2 aromatic rings. The maximum Gasteiger partial charge on any atom is 0.163 e. The lowest BCUT2D eigenvalue weighted by atomic mass is 10.1. The second-order valence-corrected chi connectivity index (χ2v) is 3.05. The molecular formula is C10H10N2O2. The molecule has 0 saturated carbocycles. The van der Waals surface area contributed by atoms with Crippen molar-refractivity contribution in [2.45, 2.75) is 6.42 Å². The van der Waals surface area contributed by atoms with Crippen molar-refractivity contribution in [3.05, 3.63) is 41.8 Å². The first-order chi connectivity index (χ1) is 6.75. The molecule has 2 rings (SSSR count). The summed E-state index contributed by atoms with van der Waals surface area (Å²) >= 11 is 0. The van der Waals surface area contributed by atoms with Crippen molar-refractivity contribution in [1.29, 1.82) is 0 Å². The summed E-state index contributed by atoms with van der Waals surface area (Å²) in [6, 6.07) is 6.95. The molecule has 1 aromatic heterocycles. The van der Waals surface area contributed by atoms with Crippen molar-refractivity contribution in [2.24, 2.45) is 0 Å². The van der Waals surface area contributed by atoms with E-state index in [0.717, 1.165) is 5.56 Å². The zero-order chi connectivity index (χ0) is 9.97. The monoisotopic (exact) mass is 190 g/mol. The lowest BCUT2D eigenvalue weighted by molar-refractivity contribution is 0.390. The van der Waals surface area contributed by atoms with Crippen LogP contribution in [-0.2, 0) is 6.42 Å². The van der Waals surface area contributed by atoms with E-state index in [1.807, 2.05) is 6.07 Å². The maximum absolute atomic E-state index is 9.23. The summed E-state index contributed by atoms with van der Waals surface area (Å²) in [6.45, 7) is 0. The fourth-order valence-corrected chi connectivity index (χ4v) is 1.26. The molecule has 0 aliphatic rings. The van der Waals surface area contributed by atoms with E-state index in [-0.39, 0.29) is 5.75 Å². The molecule has 0 fully saturated rings. The summed E-state index contributed by atoms with van der Waals surface area (Å²) in [7, 11) is 0. The number of anilines is 1. The Bertz CT molecular complexity index is 437. The first kappa shape index (κ1) is 8.62. The molecular weight excluding hydrogens is 180 g/mol. The van der Waals surface area contributed by atoms with Gasteiger partial charge < -0.3 is 15.4 Å². The second-order valence-electron chi connectivity index (χ2n) is 3.05. The molecule has 72 valence electrons. The third kappa shape index (κ3) is 1.69. The summed E-state index contributed by atoms with van der Waals surface area (Å²) in [5.74, 6) is 0.858. The first-order valence-electron chi connectivity index (χ1n) is 4.22. The summed E-state index contributed by atoms with van der Waals surface area (Å²) in [4.78, 5) is 0. The van der Waals surface area contributed by atoms with Crippen molar-refractivity contribution < 1.29 is 9.63 Å². The molecule has 4 heteroatoms. The predicted molar refractivity (Wildman–Crippen MR) is 51.8 cm³/mol. The highest BCUT2D eigenvalue weighted by atomic mass is 16.5. The van der Waals surface area contributed by atoms with Crippen molar-refractivity contribution in [2.75, 3.05) is 5.73 Å². The van der Waals surface area contributed by atoms with Crippen LogP contribution in [0.15, 0.2) is 35.0 Å². The average molecular weight is 190 g/mol. The van der Waals surface area contributed by atoms with Gasteiger partial charge in [0.1, 0.15) is 5.75 Å². The number of phenols is 1. The van der Waals surface area contributed by atoms with Crippen LogP contribution in [0.3, 0.4) is 0 Å². The summed E-state index contributed by atoms with van der Waals surface area (Å²) in [5.41, 5.74) is 7.08. The third-order valence-corrected chi connectivity index (χ3v) is 1.95. The van der Waals surface area contributed by atoms with E-state index in [2.05, 4.69) is 5.16 Å². The van der Waals surface area contributed by atoms with Gasteiger partial charge in [0.15, 0.2) is 5.76 Å². The van der Waals surface area contributed by atoms with Gasteiger partial charge in [0, 0.05) is 6.42 Å². The summed E-state index contributed by atoms with van der Waals surface area (Å²) in [5, 5.41) is 12.8. The van der Waals surface area contributed by atoms with Crippen molar-refractivity contribution >= 4 is 5.69 Å². The SMILES string of the molecule is Nc1cnoc1Cc1cccc(O)c1. The highest BCUT2D eigenvalue weighted by molar-refractivity contribution is 5.41. The molecule has 3 N–H and O–H groups in total. The van der Waals surface area contributed by atoms with Crippen LogP contribution in [0.1, 0.15) is 11.3 Å². The number of rotatable bonds is 2. The van der Waals surface area contributed by atoms with Gasteiger partial charge in [-0.25, -0.2) is 0 Å². The summed E-state index contributed by atoms with van der Waals surface area (Å²) in [6.07, 6.45) is 2.01. The minimum Gasteiger partial charge on any atom is -0.508 e. The van der Waals surface area contributed by atoms with Gasteiger partial charge in [0.25, 0.3) is 0 Å². The molecule has 0 saturated heterocycles. The van der Waals surface area contributed by atoms with Crippen LogP contribution < -0.4 is 5.73 Å². The lowest BCUT2D eigenvalue weighted by Crippen LogP contribution is -1.91. The molecule has 0 aliphatic carbocycles. The highest BCUT2D eigenvalue weighted by Gasteiger charge is 2.05. The largest absolute Gasteiger partial charge is 0.508 e. The molecule has 0 unspecified atom stereocenters. The van der Waals surface area contributed by atoms with Crippen LogP contribution >= 0.6 is 0 Å². The van der Waals surface area contributed by atoms with Gasteiger partial charge in [0.05, 0.1) is 11.9 Å². The third-order valence-electron chi connectivity index (χ3n) is 1.95. The number of benzene rings is 1. The van der Waals surface area contributed by atoms with Gasteiger partial charge in [-0.3, -0.25) is 0 Å². The van der Waals surface area contributed by atoms with Crippen molar-refractivity contribution in [3.63, 3.8) is 0 Å². The number of aromatic hydroxyl groups is 1. The van der Waals surface area contributed by atoms with Gasteiger partial charge >= 0.3 is 0 Å². The standard InChI is InChI=1S/C10H10N2O2/c11-9-6-12-14-10(9)5-7-2-1-3-8(13)4-7/h1-4,6,13H,5,11H2. The van der Waals surface area contributed by atoms with Crippen LogP contribution in [0.25, 0.3) is 0 Å². The van der Waals surface area contributed by atoms with E-state index in [0.29, 0.717) is 17.9 Å². The minimum atomic E-state index is 0.237. The molecule has 0 spiro atoms. The normalized spacial score (nSPS) is 10.3. The van der Waals surface area contributed by atoms with E-state index in [1.165, 1.54) is 6.20 Å². The number of hydrogen-bond acceptors (Lipinski definition) is 4. The fraction of sp³-hybridized carbons (Fsp3) is 0.100. The Morgan fingerprint density at radius 2 is 2.29 bits per heavy atom. The molecule has 1 heterocycles. The van der Waals surface area contributed by atoms with Crippen LogP contribution in [0.4, 0.5) is 5.69 Å². The minimum absolute atomic E-state index is 0.237. The van der Waals surface area contributed by atoms with Gasteiger partial charge in [-0.2, -0.15) is 0 Å². The van der Waals surface area contributed by atoms with Crippen LogP contribution in [0.5, 0.6) is 5.75 Å². The quantitative estimate of drug-likeness (QED) is 0.753. The Morgan fingerprint density at radius 1 is 1.43 bits per heavy atom. The molecule has 14 heavy (non-hydrogen) atoms. The number of hydrogen-bond donors (Lipinski definition) is 2. The number of phenolic OH excluding ortho intramolecular Hbond substituents is 1. The number of nitrogens with zero attached hydrogens (tertiary/aromatic N) is 1. The summed E-state index contributed by atoms with van der Waals surface area (Å²) < 4.78 is 4.95. The fourth-order valence-electron chi connectivity index (χ4n) is 1.26. The number of nitrogen functional groups attached to an aromatic ring is 1. The van der Waals surface area contributed by atoms with E-state index < -0.39 is 0 Å². The highest BCUT2D eigenvalue weighted by Crippen LogP contribution is 2.18. The zero-order valence-corrected chi connectivity index (χ0v) is 7.47. The van der Waals surface area contributed by atoms with Gasteiger partial charge in [-0.05, 0) is 17.7 Å². The second kappa shape index (κ2) is 3.41. The lowest BCUT2D eigenvalue weighted by Gasteiger charge is -1.99. The van der Waals surface area contributed by atoms with Gasteiger partial charge in [0.2, 0.25) is 0 Å². The Hall–Kier alpha value is -1.97. The zero-order valence-electron chi connectivity index (χ0n) is 7.47. The maximum atomic E-state index is 9.23.